The maximum absolute atomic E-state index is 12.6. The zero-order valence-corrected chi connectivity index (χ0v) is 6.55. The quantitative estimate of drug-likeness (QED) is 0.597. The lowest BCUT2D eigenvalue weighted by atomic mass is 10.3. The average molecular weight is 191 g/mol. The van der Waals surface area contributed by atoms with E-state index in [1.807, 2.05) is 0 Å². The van der Waals surface area contributed by atoms with Crippen LogP contribution in [0.2, 0.25) is 0 Å². The van der Waals surface area contributed by atoms with Gasteiger partial charge in [-0.05, 0) is 0 Å². The summed E-state index contributed by atoms with van der Waals surface area (Å²) in [5.74, 6) is 1.72. The molecular formula is C7H7F2NO3. The highest BCUT2D eigenvalue weighted by atomic mass is 19.3. The van der Waals surface area contributed by atoms with Crippen molar-refractivity contribution in [1.29, 1.82) is 0 Å². The molecule has 2 N–H and O–H groups in total. The first-order valence-electron chi connectivity index (χ1n) is 3.45. The largest absolute Gasteiger partial charge is 0.424 e. The number of alkyl halides is 2. The predicted octanol–water partition coefficient (Wildman–Crippen LogP) is -0.517. The third-order valence-corrected chi connectivity index (χ3v) is 1.25. The van der Waals surface area contributed by atoms with Gasteiger partial charge in [-0.2, -0.15) is 8.78 Å². The van der Waals surface area contributed by atoms with Crippen LogP contribution in [0.1, 0.15) is 0 Å². The molecule has 1 amide bonds. The van der Waals surface area contributed by atoms with E-state index in [1.165, 1.54) is 11.8 Å². The van der Waals surface area contributed by atoms with Gasteiger partial charge in [0.05, 0.1) is 13.2 Å². The van der Waals surface area contributed by atoms with E-state index in [0.29, 0.717) is 0 Å². The Morgan fingerprint density at radius 2 is 2.23 bits per heavy atom. The monoisotopic (exact) mass is 191 g/mol. The average Bonchev–Trinajstić information content (AvgIpc) is 1.94. The number of primary amides is 1. The van der Waals surface area contributed by atoms with Crippen molar-refractivity contribution in [2.24, 2.45) is 5.73 Å². The fourth-order valence-corrected chi connectivity index (χ4v) is 0.655. The molecule has 0 aliphatic carbocycles. The van der Waals surface area contributed by atoms with Crippen LogP contribution in [-0.2, 0) is 14.3 Å². The Morgan fingerprint density at radius 1 is 1.62 bits per heavy atom. The Labute approximate surface area is 73.0 Å². The molecule has 0 aromatic heterocycles. The number of rotatable bonds is 2. The van der Waals surface area contributed by atoms with Crippen molar-refractivity contribution in [3.63, 3.8) is 0 Å². The minimum atomic E-state index is -3.64. The van der Waals surface area contributed by atoms with Crippen molar-refractivity contribution >= 4 is 5.91 Å². The van der Waals surface area contributed by atoms with E-state index in [9.17, 15) is 13.6 Å². The van der Waals surface area contributed by atoms with Gasteiger partial charge in [-0.25, -0.2) is 0 Å². The summed E-state index contributed by atoms with van der Waals surface area (Å²) in [6.07, 6.45) is -4.29. The summed E-state index contributed by atoms with van der Waals surface area (Å²) in [4.78, 5) is 10.1. The van der Waals surface area contributed by atoms with Gasteiger partial charge in [-0.3, -0.25) is 4.79 Å². The highest BCUT2D eigenvalue weighted by molar-refractivity contribution is 5.92. The lowest BCUT2D eigenvalue weighted by Crippen LogP contribution is -2.41. The molecule has 13 heavy (non-hydrogen) atoms. The molecule has 4 nitrogen and oxygen atoms in total. The Balaban J connectivity index is 2.45. The van der Waals surface area contributed by atoms with Crippen LogP contribution in [0.5, 0.6) is 0 Å². The molecule has 1 rings (SSSR count). The molecule has 0 spiro atoms. The highest BCUT2D eigenvalue weighted by Gasteiger charge is 2.34. The first kappa shape index (κ1) is 9.89. The van der Waals surface area contributed by atoms with Crippen LogP contribution in [0.3, 0.4) is 0 Å². The van der Waals surface area contributed by atoms with Gasteiger partial charge in [0.1, 0.15) is 6.10 Å². The number of amides is 1. The van der Waals surface area contributed by atoms with Crippen LogP contribution in [-0.4, -0.2) is 31.3 Å². The number of ether oxygens (including phenoxy) is 2. The van der Waals surface area contributed by atoms with E-state index >= 15 is 0 Å². The molecule has 0 bridgehead atoms. The molecule has 1 heterocycles. The van der Waals surface area contributed by atoms with Crippen molar-refractivity contribution in [2.45, 2.75) is 12.2 Å². The first-order valence-corrected chi connectivity index (χ1v) is 3.45. The molecule has 0 aromatic carbocycles. The second-order valence-electron chi connectivity index (χ2n) is 2.41. The number of halogens is 2. The Hall–Kier alpha value is -1.19. The molecular weight excluding hydrogens is 184 g/mol. The van der Waals surface area contributed by atoms with Gasteiger partial charge in [-0.1, -0.05) is 0 Å². The van der Waals surface area contributed by atoms with Gasteiger partial charge in [0.15, 0.2) is 0 Å². The van der Waals surface area contributed by atoms with Crippen LogP contribution in [0.15, 0.2) is 0 Å². The van der Waals surface area contributed by atoms with Gasteiger partial charge in [-0.15, -0.1) is 0 Å². The number of carbonyl (C=O) groups excluding carboxylic acids is 1. The van der Waals surface area contributed by atoms with Gasteiger partial charge >= 0.3 is 6.11 Å². The van der Waals surface area contributed by atoms with Crippen LogP contribution in [0.4, 0.5) is 8.78 Å². The van der Waals surface area contributed by atoms with E-state index in [0.717, 1.165) is 0 Å². The Kier molecular flexibility index (Phi) is 2.80. The first-order chi connectivity index (χ1) is 5.99. The third kappa shape index (κ3) is 3.36. The fraction of sp³-hybridized carbons (Fsp3) is 0.571. The van der Waals surface area contributed by atoms with Gasteiger partial charge < -0.3 is 15.2 Å². The number of carbonyl (C=O) groups is 1. The molecule has 0 unspecified atom stereocenters. The molecule has 1 aliphatic heterocycles. The lowest BCUT2D eigenvalue weighted by molar-refractivity contribution is -0.268. The second kappa shape index (κ2) is 3.68. The van der Waals surface area contributed by atoms with Crippen molar-refractivity contribution in [1.82, 2.24) is 0 Å². The number of nitrogens with two attached hydrogens (primary N) is 1. The molecule has 1 fully saturated rings. The summed E-state index contributed by atoms with van der Waals surface area (Å²) in [7, 11) is 0. The summed E-state index contributed by atoms with van der Waals surface area (Å²) < 4.78 is 34.0. The van der Waals surface area contributed by atoms with Gasteiger partial charge in [0.2, 0.25) is 0 Å². The predicted molar refractivity (Wildman–Crippen MR) is 37.6 cm³/mol. The van der Waals surface area contributed by atoms with E-state index in [2.05, 4.69) is 15.2 Å². The highest BCUT2D eigenvalue weighted by Crippen LogP contribution is 2.19. The third-order valence-electron chi connectivity index (χ3n) is 1.25. The summed E-state index contributed by atoms with van der Waals surface area (Å²) in [6, 6.07) is 0. The molecule has 72 valence electrons. The van der Waals surface area contributed by atoms with Gasteiger partial charge in [0.25, 0.3) is 5.91 Å². The van der Waals surface area contributed by atoms with Crippen LogP contribution in [0, 0.1) is 11.8 Å². The lowest BCUT2D eigenvalue weighted by Gasteiger charge is -2.27. The van der Waals surface area contributed by atoms with E-state index in [4.69, 9.17) is 0 Å². The fourth-order valence-electron chi connectivity index (χ4n) is 0.655. The number of hydrogen-bond acceptors (Lipinski definition) is 3. The molecule has 0 radical (unpaired) electrons. The second-order valence-corrected chi connectivity index (χ2v) is 2.41. The molecule has 0 saturated carbocycles. The van der Waals surface area contributed by atoms with E-state index in [-0.39, 0.29) is 13.2 Å². The van der Waals surface area contributed by atoms with Crippen LogP contribution < -0.4 is 5.73 Å². The van der Waals surface area contributed by atoms with Crippen molar-refractivity contribution in [3.05, 3.63) is 0 Å². The van der Waals surface area contributed by atoms with E-state index < -0.39 is 18.1 Å². The van der Waals surface area contributed by atoms with Crippen LogP contribution in [0.25, 0.3) is 0 Å². The number of hydrogen-bond donors (Lipinski definition) is 1. The molecule has 6 heteroatoms. The molecule has 1 saturated heterocycles. The van der Waals surface area contributed by atoms with Crippen LogP contribution >= 0.6 is 0 Å². The molecule has 0 aromatic rings. The summed E-state index contributed by atoms with van der Waals surface area (Å²) in [5.41, 5.74) is 4.55. The zero-order valence-electron chi connectivity index (χ0n) is 6.55. The minimum Gasteiger partial charge on any atom is -0.376 e. The van der Waals surface area contributed by atoms with Gasteiger partial charge in [0, 0.05) is 11.8 Å². The maximum Gasteiger partial charge on any atom is 0.424 e. The molecule has 1 aliphatic rings. The topological polar surface area (TPSA) is 61.6 Å². The zero-order chi connectivity index (χ0) is 9.90. The normalized spacial score (nSPS) is 17.1. The smallest absolute Gasteiger partial charge is 0.376 e. The van der Waals surface area contributed by atoms with Crippen molar-refractivity contribution in [2.75, 3.05) is 13.2 Å². The SMILES string of the molecule is NC(=O)C#CC(F)(F)OC1COC1. The maximum atomic E-state index is 12.6. The summed E-state index contributed by atoms with van der Waals surface area (Å²) in [6.45, 7) is 0.238. The van der Waals surface area contributed by atoms with Crippen molar-refractivity contribution in [3.8, 4) is 11.8 Å². The summed E-state index contributed by atoms with van der Waals surface area (Å²) in [5, 5.41) is 0. The Morgan fingerprint density at radius 3 is 2.62 bits per heavy atom. The Bertz CT molecular complexity index is 265. The van der Waals surface area contributed by atoms with E-state index in [1.54, 1.807) is 0 Å². The molecule has 0 atom stereocenters. The standard InChI is InChI=1S/C7H7F2NO3/c8-7(9,2-1-6(10)11)13-5-3-12-4-5/h5H,3-4H2,(H2,10,11). The minimum absolute atomic E-state index is 0.119. The summed E-state index contributed by atoms with van der Waals surface area (Å²) >= 11 is 0. The van der Waals surface area contributed by atoms with Crippen molar-refractivity contribution < 1.29 is 23.0 Å².